The first-order chi connectivity index (χ1) is 11.0. The van der Waals surface area contributed by atoms with Gasteiger partial charge in [-0.25, -0.2) is 4.98 Å². The Morgan fingerprint density at radius 1 is 1.30 bits per heavy atom. The third kappa shape index (κ3) is 3.88. The number of amides is 1. The monoisotopic (exact) mass is 364 g/mol. The normalized spacial score (nSPS) is 12.5. The third-order valence-corrected chi connectivity index (χ3v) is 6.41. The molecule has 23 heavy (non-hydrogen) atoms. The molecule has 3 rings (SSSR count). The second-order valence-electron chi connectivity index (χ2n) is 5.08. The molecular formula is C15H16N4OS3. The fourth-order valence-corrected chi connectivity index (χ4v) is 4.99. The number of benzene rings is 1. The summed E-state index contributed by atoms with van der Waals surface area (Å²) >= 11 is 4.46. The molecule has 0 spiro atoms. The Morgan fingerprint density at radius 3 is 2.83 bits per heavy atom. The minimum atomic E-state index is -0.198. The molecule has 0 aliphatic rings. The molecule has 0 saturated carbocycles. The van der Waals surface area contributed by atoms with E-state index in [1.54, 1.807) is 0 Å². The largest absolute Gasteiger partial charge is 0.301 e. The maximum atomic E-state index is 12.5. The Bertz CT molecular complexity index is 842. The number of fused-ring (bicyclic) bond motifs is 1. The number of hydrogen-bond donors (Lipinski definition) is 1. The minimum Gasteiger partial charge on any atom is -0.301 e. The lowest BCUT2D eigenvalue weighted by molar-refractivity contribution is -0.115. The van der Waals surface area contributed by atoms with E-state index in [0.717, 1.165) is 26.0 Å². The number of nitrogens with one attached hydrogen (secondary N) is 1. The average Bonchev–Trinajstić information content (AvgIpc) is 3.09. The highest BCUT2D eigenvalue weighted by Gasteiger charge is 2.21. The lowest BCUT2D eigenvalue weighted by Gasteiger charge is -2.11. The van der Waals surface area contributed by atoms with Crippen molar-refractivity contribution < 1.29 is 4.79 Å². The number of carbonyl (C=O) groups excluding carboxylic acids is 1. The molecular weight excluding hydrogens is 348 g/mol. The molecule has 0 aliphatic carbocycles. The number of hydrogen-bond acceptors (Lipinski definition) is 7. The summed E-state index contributed by atoms with van der Waals surface area (Å²) in [5, 5.41) is 12.3. The average molecular weight is 365 g/mol. The first kappa shape index (κ1) is 16.4. The standard InChI is InChI=1S/C15H16N4OS3/c1-4-11(23-15-19-18-9(3)21-15)13(20)17-14-16-10-6-5-8(2)7-12(10)22-14/h5-7,11H,4H2,1-3H3,(H,16,17,20). The quantitative estimate of drug-likeness (QED) is 0.685. The number of carbonyl (C=O) groups is 1. The van der Waals surface area contributed by atoms with Crippen LogP contribution in [0.5, 0.6) is 0 Å². The van der Waals surface area contributed by atoms with E-state index in [1.165, 1.54) is 40.0 Å². The van der Waals surface area contributed by atoms with Crippen LogP contribution in [-0.2, 0) is 4.79 Å². The van der Waals surface area contributed by atoms with Crippen LogP contribution < -0.4 is 5.32 Å². The number of rotatable bonds is 5. The van der Waals surface area contributed by atoms with Crippen molar-refractivity contribution >= 4 is 55.7 Å². The first-order valence-electron chi connectivity index (χ1n) is 7.20. The van der Waals surface area contributed by atoms with Crippen LogP contribution in [0.1, 0.15) is 23.9 Å². The number of aromatic nitrogens is 3. The van der Waals surface area contributed by atoms with Crippen molar-refractivity contribution in [1.29, 1.82) is 0 Å². The Kier molecular flexibility index (Phi) is 4.93. The van der Waals surface area contributed by atoms with E-state index in [9.17, 15) is 4.79 Å². The van der Waals surface area contributed by atoms with Gasteiger partial charge in [0.25, 0.3) is 0 Å². The van der Waals surface area contributed by atoms with Gasteiger partial charge >= 0.3 is 0 Å². The van der Waals surface area contributed by atoms with Crippen LogP contribution in [0.3, 0.4) is 0 Å². The zero-order valence-electron chi connectivity index (χ0n) is 13.0. The molecule has 1 amide bonds. The van der Waals surface area contributed by atoms with Crippen molar-refractivity contribution in [2.45, 2.75) is 36.8 Å². The highest BCUT2D eigenvalue weighted by Crippen LogP contribution is 2.30. The van der Waals surface area contributed by atoms with Gasteiger partial charge in [-0.05, 0) is 38.0 Å². The first-order valence-corrected chi connectivity index (χ1v) is 9.71. The van der Waals surface area contributed by atoms with Crippen LogP contribution in [0, 0.1) is 13.8 Å². The van der Waals surface area contributed by atoms with E-state index in [-0.39, 0.29) is 11.2 Å². The van der Waals surface area contributed by atoms with Gasteiger partial charge in [-0.1, -0.05) is 47.4 Å². The molecule has 120 valence electrons. The van der Waals surface area contributed by atoms with Crippen LogP contribution in [0.4, 0.5) is 5.13 Å². The zero-order chi connectivity index (χ0) is 16.4. The molecule has 2 heterocycles. The summed E-state index contributed by atoms with van der Waals surface area (Å²) in [5.74, 6) is -0.0406. The van der Waals surface area contributed by atoms with Gasteiger partial charge in [0.15, 0.2) is 9.47 Å². The molecule has 3 aromatic rings. The van der Waals surface area contributed by atoms with Crippen molar-refractivity contribution in [3.8, 4) is 0 Å². The van der Waals surface area contributed by atoms with Gasteiger partial charge < -0.3 is 5.32 Å². The van der Waals surface area contributed by atoms with Gasteiger partial charge in [0, 0.05) is 0 Å². The maximum Gasteiger partial charge on any atom is 0.239 e. The second-order valence-corrected chi connectivity index (χ2v) is 8.74. The summed E-state index contributed by atoms with van der Waals surface area (Å²) in [7, 11) is 0. The Balaban J connectivity index is 1.72. The molecule has 2 aromatic heterocycles. The molecule has 0 radical (unpaired) electrons. The smallest absolute Gasteiger partial charge is 0.239 e. The van der Waals surface area contributed by atoms with Crippen molar-refractivity contribution in [3.05, 3.63) is 28.8 Å². The van der Waals surface area contributed by atoms with E-state index in [4.69, 9.17) is 0 Å². The second kappa shape index (κ2) is 6.94. The number of nitrogens with zero attached hydrogens (tertiary/aromatic N) is 3. The zero-order valence-corrected chi connectivity index (χ0v) is 15.4. The molecule has 1 atom stereocenters. The molecule has 1 unspecified atom stereocenters. The lowest BCUT2D eigenvalue weighted by Crippen LogP contribution is -2.24. The minimum absolute atomic E-state index is 0.0406. The van der Waals surface area contributed by atoms with Gasteiger partial charge in [0.2, 0.25) is 5.91 Å². The predicted molar refractivity (Wildman–Crippen MR) is 97.6 cm³/mol. The summed E-state index contributed by atoms with van der Waals surface area (Å²) < 4.78 is 1.91. The Hall–Kier alpha value is -1.51. The Morgan fingerprint density at radius 2 is 2.13 bits per heavy atom. The SMILES string of the molecule is CCC(Sc1nnc(C)s1)C(=O)Nc1nc2ccc(C)cc2s1. The van der Waals surface area contributed by atoms with Gasteiger partial charge in [-0.3, -0.25) is 4.79 Å². The summed E-state index contributed by atoms with van der Waals surface area (Å²) in [5.41, 5.74) is 2.10. The number of thioether (sulfide) groups is 1. The van der Waals surface area contributed by atoms with E-state index >= 15 is 0 Å². The maximum absolute atomic E-state index is 12.5. The van der Waals surface area contributed by atoms with E-state index < -0.39 is 0 Å². The van der Waals surface area contributed by atoms with Crippen LogP contribution in [0.15, 0.2) is 22.5 Å². The molecule has 1 aromatic carbocycles. The number of aryl methyl sites for hydroxylation is 2. The molecule has 5 nitrogen and oxygen atoms in total. The lowest BCUT2D eigenvalue weighted by atomic mass is 10.2. The highest BCUT2D eigenvalue weighted by molar-refractivity contribution is 8.02. The fraction of sp³-hybridized carbons (Fsp3) is 0.333. The number of anilines is 1. The van der Waals surface area contributed by atoms with Crippen LogP contribution in [0.25, 0.3) is 10.2 Å². The summed E-state index contributed by atoms with van der Waals surface area (Å²) in [6, 6.07) is 6.09. The van der Waals surface area contributed by atoms with E-state index in [1.807, 2.05) is 32.9 Å². The molecule has 8 heteroatoms. The van der Waals surface area contributed by atoms with E-state index in [2.05, 4.69) is 26.6 Å². The van der Waals surface area contributed by atoms with Crippen molar-refractivity contribution in [2.24, 2.45) is 0 Å². The van der Waals surface area contributed by atoms with Crippen LogP contribution in [0.2, 0.25) is 0 Å². The molecule has 0 saturated heterocycles. The van der Waals surface area contributed by atoms with Gasteiger partial charge in [-0.2, -0.15) is 0 Å². The molecule has 0 fully saturated rings. The highest BCUT2D eigenvalue weighted by atomic mass is 32.2. The van der Waals surface area contributed by atoms with Gasteiger partial charge in [-0.15, -0.1) is 10.2 Å². The molecule has 0 bridgehead atoms. The third-order valence-electron chi connectivity index (χ3n) is 3.19. The molecule has 1 N–H and O–H groups in total. The van der Waals surface area contributed by atoms with Crippen molar-refractivity contribution in [2.75, 3.05) is 5.32 Å². The van der Waals surface area contributed by atoms with E-state index in [0.29, 0.717) is 5.13 Å². The van der Waals surface area contributed by atoms with Gasteiger partial charge in [0.05, 0.1) is 15.5 Å². The number of thiazole rings is 1. The van der Waals surface area contributed by atoms with Crippen LogP contribution >= 0.6 is 34.4 Å². The summed E-state index contributed by atoms with van der Waals surface area (Å²) in [4.78, 5) is 17.0. The fourth-order valence-electron chi connectivity index (χ4n) is 2.04. The summed E-state index contributed by atoms with van der Waals surface area (Å²) in [6.07, 6.45) is 0.721. The summed E-state index contributed by atoms with van der Waals surface area (Å²) in [6.45, 7) is 5.95. The molecule has 0 aliphatic heterocycles. The van der Waals surface area contributed by atoms with Gasteiger partial charge in [0.1, 0.15) is 5.01 Å². The topological polar surface area (TPSA) is 67.8 Å². The van der Waals surface area contributed by atoms with Crippen molar-refractivity contribution in [1.82, 2.24) is 15.2 Å². The predicted octanol–water partition coefficient (Wildman–Crippen LogP) is 4.27. The Labute approximate surface area is 146 Å². The van der Waals surface area contributed by atoms with Crippen LogP contribution in [-0.4, -0.2) is 26.3 Å². The van der Waals surface area contributed by atoms with Crippen molar-refractivity contribution in [3.63, 3.8) is 0 Å².